The molecule has 0 aliphatic rings. The summed E-state index contributed by atoms with van der Waals surface area (Å²) in [6.45, 7) is 5.23. The molecule has 0 saturated carbocycles. The second kappa shape index (κ2) is 9.08. The minimum Gasteiger partial charge on any atom is -0.493 e. The van der Waals surface area contributed by atoms with Crippen molar-refractivity contribution in [3.05, 3.63) is 65.2 Å². The minimum atomic E-state index is -0.825. The molecule has 2 rings (SSSR count). The van der Waals surface area contributed by atoms with Gasteiger partial charge in [-0.05, 0) is 49.9 Å². The first-order valence-corrected chi connectivity index (χ1v) is 8.27. The molecule has 0 spiro atoms. The average Bonchev–Trinajstić information content (AvgIpc) is 2.56. The van der Waals surface area contributed by atoms with E-state index in [-0.39, 0.29) is 0 Å². The maximum absolute atomic E-state index is 11.4. The van der Waals surface area contributed by atoms with Gasteiger partial charge in [0.2, 0.25) is 0 Å². The van der Waals surface area contributed by atoms with Crippen molar-refractivity contribution >= 4 is 5.97 Å². The van der Waals surface area contributed by atoms with Gasteiger partial charge in [-0.1, -0.05) is 48.5 Å². The van der Waals surface area contributed by atoms with Crippen molar-refractivity contribution in [2.45, 2.75) is 32.7 Å². The number of carbonyl (C=O) groups is 1. The zero-order valence-electron chi connectivity index (χ0n) is 14.3. The van der Waals surface area contributed by atoms with Crippen LogP contribution >= 0.6 is 0 Å². The Morgan fingerprint density at radius 3 is 2.38 bits per heavy atom. The number of benzene rings is 2. The third-order valence-electron chi connectivity index (χ3n) is 3.95. The van der Waals surface area contributed by atoms with Crippen LogP contribution in [-0.2, 0) is 11.2 Å². The summed E-state index contributed by atoms with van der Waals surface area (Å²) in [7, 11) is 0. The summed E-state index contributed by atoms with van der Waals surface area (Å²) in [6.07, 6.45) is 1.24. The number of hydrogen-bond donors (Lipinski definition) is 2. The van der Waals surface area contributed by atoms with Gasteiger partial charge in [-0.25, -0.2) is 0 Å². The Kier molecular flexibility index (Phi) is 6.82. The first-order chi connectivity index (χ1) is 11.6. The van der Waals surface area contributed by atoms with Gasteiger partial charge in [0.15, 0.2) is 0 Å². The first-order valence-electron chi connectivity index (χ1n) is 8.27. The summed E-state index contributed by atoms with van der Waals surface area (Å²) < 4.78 is 5.84. The summed E-state index contributed by atoms with van der Waals surface area (Å²) in [5.41, 5.74) is 3.26. The predicted octanol–water partition coefficient (Wildman–Crippen LogP) is 3.36. The molecule has 0 saturated heterocycles. The van der Waals surface area contributed by atoms with Gasteiger partial charge >= 0.3 is 5.97 Å². The highest BCUT2D eigenvalue weighted by Gasteiger charge is 2.16. The molecule has 1 atom stereocenters. The molecule has 4 heteroatoms. The molecule has 0 heterocycles. The van der Waals surface area contributed by atoms with Gasteiger partial charge in [0, 0.05) is 0 Å². The van der Waals surface area contributed by atoms with Crippen molar-refractivity contribution in [1.29, 1.82) is 0 Å². The molecule has 0 aliphatic heterocycles. The number of hydrogen-bond acceptors (Lipinski definition) is 3. The van der Waals surface area contributed by atoms with Gasteiger partial charge in [-0.2, -0.15) is 0 Å². The number of para-hydroxylation sites is 1. The second-order valence-corrected chi connectivity index (χ2v) is 5.96. The normalized spacial score (nSPS) is 11.9. The third kappa shape index (κ3) is 5.39. The van der Waals surface area contributed by atoms with Crippen molar-refractivity contribution in [2.24, 2.45) is 0 Å². The van der Waals surface area contributed by atoms with E-state index in [9.17, 15) is 9.90 Å². The minimum absolute atomic E-state index is 0.480. The van der Waals surface area contributed by atoms with E-state index in [4.69, 9.17) is 4.74 Å². The number of ether oxygens (including phenoxy) is 1. The Morgan fingerprint density at radius 1 is 1.08 bits per heavy atom. The van der Waals surface area contributed by atoms with Crippen molar-refractivity contribution < 1.29 is 14.6 Å². The monoisotopic (exact) mass is 327 g/mol. The van der Waals surface area contributed by atoms with Gasteiger partial charge in [0.25, 0.3) is 0 Å². The van der Waals surface area contributed by atoms with Crippen LogP contribution in [0.2, 0.25) is 0 Å². The van der Waals surface area contributed by atoms with E-state index >= 15 is 0 Å². The maximum Gasteiger partial charge on any atom is 0.321 e. The van der Waals surface area contributed by atoms with Crippen LogP contribution < -0.4 is 10.1 Å². The molecule has 0 unspecified atom stereocenters. The Balaban J connectivity index is 1.76. The molecule has 128 valence electrons. The lowest BCUT2D eigenvalue weighted by Gasteiger charge is -2.15. The Bertz CT molecular complexity index is 635. The zero-order valence-corrected chi connectivity index (χ0v) is 14.3. The Morgan fingerprint density at radius 2 is 1.75 bits per heavy atom. The molecule has 0 bridgehead atoms. The number of nitrogens with one attached hydrogen (secondary N) is 1. The number of carboxylic acids is 1. The van der Waals surface area contributed by atoms with Gasteiger partial charge in [0.05, 0.1) is 6.61 Å². The molecule has 0 fully saturated rings. The first kappa shape index (κ1) is 18.0. The highest BCUT2D eigenvalue weighted by molar-refractivity contribution is 5.73. The van der Waals surface area contributed by atoms with E-state index < -0.39 is 12.0 Å². The zero-order chi connectivity index (χ0) is 17.4. The SMILES string of the molecule is Cc1cccc(C)c1OCCCN[C@@H](Cc1ccccc1)C(=O)O. The fraction of sp³-hybridized carbons (Fsp3) is 0.350. The molecule has 24 heavy (non-hydrogen) atoms. The largest absolute Gasteiger partial charge is 0.493 e. The number of carboxylic acid groups (broad SMARTS) is 1. The van der Waals surface area contributed by atoms with Crippen LogP contribution in [0.3, 0.4) is 0 Å². The summed E-state index contributed by atoms with van der Waals surface area (Å²) in [4.78, 5) is 11.4. The van der Waals surface area contributed by atoms with Crippen molar-refractivity contribution in [3.8, 4) is 5.75 Å². The van der Waals surface area contributed by atoms with Crippen molar-refractivity contribution in [2.75, 3.05) is 13.2 Å². The molecule has 2 aromatic rings. The third-order valence-corrected chi connectivity index (χ3v) is 3.95. The van der Waals surface area contributed by atoms with Gasteiger partial charge in [-0.15, -0.1) is 0 Å². The van der Waals surface area contributed by atoms with Crippen LogP contribution in [0.5, 0.6) is 5.75 Å². The molecule has 4 nitrogen and oxygen atoms in total. The fourth-order valence-corrected chi connectivity index (χ4v) is 2.65. The van der Waals surface area contributed by atoms with Crippen molar-refractivity contribution in [1.82, 2.24) is 5.32 Å². The second-order valence-electron chi connectivity index (χ2n) is 5.96. The quantitative estimate of drug-likeness (QED) is 0.693. The van der Waals surface area contributed by atoms with E-state index in [0.29, 0.717) is 19.6 Å². The standard InChI is InChI=1S/C20H25NO3/c1-15-8-6-9-16(2)19(15)24-13-7-12-21-18(20(22)23)14-17-10-4-3-5-11-17/h3-6,8-11,18,21H,7,12-14H2,1-2H3,(H,22,23)/t18-/m0/s1. The van der Waals surface area contributed by atoms with E-state index in [1.165, 1.54) is 0 Å². The van der Waals surface area contributed by atoms with E-state index in [1.54, 1.807) is 0 Å². The summed E-state index contributed by atoms with van der Waals surface area (Å²) >= 11 is 0. The number of aryl methyl sites for hydroxylation is 2. The molecule has 2 aromatic carbocycles. The molecule has 0 radical (unpaired) electrons. The van der Waals surface area contributed by atoms with E-state index in [0.717, 1.165) is 28.9 Å². The Labute approximate surface area is 143 Å². The summed E-state index contributed by atoms with van der Waals surface area (Å²) in [5.74, 6) is 0.103. The molecule has 0 aromatic heterocycles. The van der Waals surface area contributed by atoms with Crippen molar-refractivity contribution in [3.63, 3.8) is 0 Å². The molecule has 0 aliphatic carbocycles. The van der Waals surface area contributed by atoms with Gasteiger partial charge < -0.3 is 15.2 Å². The topological polar surface area (TPSA) is 58.6 Å². The highest BCUT2D eigenvalue weighted by atomic mass is 16.5. The molecular weight excluding hydrogens is 302 g/mol. The summed E-state index contributed by atoms with van der Waals surface area (Å²) in [5, 5.41) is 12.5. The van der Waals surface area contributed by atoms with Crippen LogP contribution in [0, 0.1) is 13.8 Å². The summed E-state index contributed by atoms with van der Waals surface area (Å²) in [6, 6.07) is 15.2. The Hall–Kier alpha value is -2.33. The lowest BCUT2D eigenvalue weighted by Crippen LogP contribution is -2.39. The predicted molar refractivity (Wildman–Crippen MR) is 95.6 cm³/mol. The van der Waals surface area contributed by atoms with Crippen LogP contribution in [0.4, 0.5) is 0 Å². The average molecular weight is 327 g/mol. The van der Waals surface area contributed by atoms with Gasteiger partial charge in [0.1, 0.15) is 11.8 Å². The van der Waals surface area contributed by atoms with Crippen LogP contribution in [0.25, 0.3) is 0 Å². The lowest BCUT2D eigenvalue weighted by molar-refractivity contribution is -0.139. The van der Waals surface area contributed by atoms with Crippen LogP contribution in [-0.4, -0.2) is 30.3 Å². The van der Waals surface area contributed by atoms with E-state index in [1.807, 2.05) is 62.4 Å². The highest BCUT2D eigenvalue weighted by Crippen LogP contribution is 2.22. The van der Waals surface area contributed by atoms with Gasteiger partial charge in [-0.3, -0.25) is 4.79 Å². The van der Waals surface area contributed by atoms with Crippen LogP contribution in [0.15, 0.2) is 48.5 Å². The molecule has 0 amide bonds. The molecular formula is C20H25NO3. The molecule has 2 N–H and O–H groups in total. The smallest absolute Gasteiger partial charge is 0.321 e. The van der Waals surface area contributed by atoms with E-state index in [2.05, 4.69) is 5.32 Å². The fourth-order valence-electron chi connectivity index (χ4n) is 2.65. The number of aliphatic carboxylic acids is 1. The lowest BCUT2D eigenvalue weighted by atomic mass is 10.1. The maximum atomic E-state index is 11.4. The number of rotatable bonds is 9. The van der Waals surface area contributed by atoms with Crippen LogP contribution in [0.1, 0.15) is 23.1 Å².